The zero-order valence-electron chi connectivity index (χ0n) is 24.3. The third kappa shape index (κ3) is 6.49. The Morgan fingerprint density at radius 2 is 1.65 bits per heavy atom. The number of alkyl halides is 3. The van der Waals surface area contributed by atoms with Crippen LogP contribution in [-0.4, -0.2) is 91.4 Å². The molecule has 230 valence electrons. The summed E-state index contributed by atoms with van der Waals surface area (Å²) in [5, 5.41) is 2.61. The predicted octanol–water partition coefficient (Wildman–Crippen LogP) is 4.32. The van der Waals surface area contributed by atoms with Crippen LogP contribution in [0.4, 0.5) is 34.9 Å². The lowest BCUT2D eigenvalue weighted by molar-refractivity contribution is -0.138. The van der Waals surface area contributed by atoms with E-state index in [1.54, 1.807) is 0 Å². The molecule has 0 unspecified atom stereocenters. The summed E-state index contributed by atoms with van der Waals surface area (Å²) in [5.74, 6) is -1.44. The molecule has 2 saturated heterocycles. The summed E-state index contributed by atoms with van der Waals surface area (Å²) in [6.07, 6.45) is -1.06. The van der Waals surface area contributed by atoms with Gasteiger partial charge in [0.05, 0.1) is 42.8 Å². The maximum atomic E-state index is 15.8. The minimum atomic E-state index is -4.85. The van der Waals surface area contributed by atoms with Crippen LogP contribution in [0.5, 0.6) is 5.88 Å². The second kappa shape index (κ2) is 12.3. The molecule has 0 saturated carbocycles. The van der Waals surface area contributed by atoms with Crippen molar-refractivity contribution in [1.82, 2.24) is 19.9 Å². The van der Waals surface area contributed by atoms with Crippen LogP contribution < -0.4 is 19.9 Å². The van der Waals surface area contributed by atoms with Gasteiger partial charge in [-0.2, -0.15) is 13.2 Å². The zero-order valence-corrected chi connectivity index (χ0v) is 24.3. The monoisotopic (exact) mass is 603 g/mol. The van der Waals surface area contributed by atoms with Crippen LogP contribution in [0.15, 0.2) is 36.8 Å². The van der Waals surface area contributed by atoms with Crippen LogP contribution in [0, 0.1) is 5.82 Å². The molecule has 2 aromatic heterocycles. The second-order valence-electron chi connectivity index (χ2n) is 10.7. The van der Waals surface area contributed by atoms with E-state index >= 15 is 4.39 Å². The second-order valence-corrected chi connectivity index (χ2v) is 10.7. The van der Waals surface area contributed by atoms with Crippen LogP contribution in [0.2, 0.25) is 0 Å². The van der Waals surface area contributed by atoms with E-state index < -0.39 is 29.0 Å². The number of hydrogen-bond donors (Lipinski definition) is 1. The predicted molar refractivity (Wildman–Crippen MR) is 153 cm³/mol. The highest BCUT2D eigenvalue weighted by Crippen LogP contribution is 2.38. The van der Waals surface area contributed by atoms with Gasteiger partial charge in [0.1, 0.15) is 5.82 Å². The van der Waals surface area contributed by atoms with Gasteiger partial charge >= 0.3 is 6.18 Å². The van der Waals surface area contributed by atoms with Crippen molar-refractivity contribution >= 4 is 23.2 Å². The molecule has 10 nitrogen and oxygen atoms in total. The number of ether oxygens (including phenoxy) is 2. The van der Waals surface area contributed by atoms with Gasteiger partial charge in [0.2, 0.25) is 11.8 Å². The maximum absolute atomic E-state index is 15.8. The standard InChI is InChI=1S/C29H33F4N7O3/c1-17-15-40(16-18(2)38(17)3)25-11-23(30)20(19-12-35-28(36-13-19)39-5-7-43-8-6-39)9-24(25)37-27(41)21-14-34-26(42-4)10-22(21)29(31,32)33/h9-14,17-18H,5-8,15-16H2,1-4H3,(H,37,41)/t17-,18+. The highest BCUT2D eigenvalue weighted by atomic mass is 19.4. The number of carbonyl (C=O) groups is 1. The number of carbonyl (C=O) groups excluding carboxylic acids is 1. The van der Waals surface area contributed by atoms with Crippen molar-refractivity contribution in [2.45, 2.75) is 32.1 Å². The molecule has 1 N–H and O–H groups in total. The van der Waals surface area contributed by atoms with Gasteiger partial charge in [-0.1, -0.05) is 0 Å². The van der Waals surface area contributed by atoms with Crippen molar-refractivity contribution in [3.8, 4) is 17.0 Å². The quantitative estimate of drug-likeness (QED) is 0.414. The molecule has 5 rings (SSSR count). The number of likely N-dealkylation sites (N-methyl/N-ethyl adjacent to an activating group) is 1. The number of piperazine rings is 1. The number of rotatable bonds is 6. The summed E-state index contributed by atoms with van der Waals surface area (Å²) in [6, 6.07) is 3.57. The lowest BCUT2D eigenvalue weighted by Crippen LogP contribution is -2.55. The van der Waals surface area contributed by atoms with Crippen LogP contribution in [0.25, 0.3) is 11.1 Å². The molecule has 2 fully saturated rings. The van der Waals surface area contributed by atoms with E-state index in [0.29, 0.717) is 62.7 Å². The molecule has 14 heteroatoms. The molecule has 0 radical (unpaired) electrons. The summed E-state index contributed by atoms with van der Waals surface area (Å²) in [5.41, 5.74) is -0.961. The van der Waals surface area contributed by atoms with Gasteiger partial charge < -0.3 is 24.6 Å². The largest absolute Gasteiger partial charge is 0.481 e. The molecule has 4 heterocycles. The summed E-state index contributed by atoms with van der Waals surface area (Å²) in [6.45, 7) is 7.42. The molecule has 43 heavy (non-hydrogen) atoms. The van der Waals surface area contributed by atoms with E-state index in [1.165, 1.54) is 31.6 Å². The van der Waals surface area contributed by atoms with E-state index in [4.69, 9.17) is 9.47 Å². The third-order valence-corrected chi connectivity index (χ3v) is 7.92. The molecule has 2 aliphatic rings. The molecule has 0 spiro atoms. The molecule has 0 bridgehead atoms. The molecular weight excluding hydrogens is 570 g/mol. The Bertz CT molecular complexity index is 1450. The summed E-state index contributed by atoms with van der Waals surface area (Å²) in [7, 11) is 3.18. The van der Waals surface area contributed by atoms with Crippen LogP contribution >= 0.6 is 0 Å². The highest BCUT2D eigenvalue weighted by molar-refractivity contribution is 6.07. The minimum Gasteiger partial charge on any atom is -0.481 e. The van der Waals surface area contributed by atoms with Crippen molar-refractivity contribution in [3.05, 3.63) is 53.7 Å². The number of hydrogen-bond acceptors (Lipinski definition) is 9. The number of benzene rings is 1. The van der Waals surface area contributed by atoms with Crippen molar-refractivity contribution < 1.29 is 31.8 Å². The van der Waals surface area contributed by atoms with Crippen molar-refractivity contribution in [2.24, 2.45) is 0 Å². The number of nitrogens with zero attached hydrogens (tertiary/aromatic N) is 6. The van der Waals surface area contributed by atoms with Gasteiger partial charge in [0.15, 0.2) is 0 Å². The Balaban J connectivity index is 1.54. The molecule has 2 atom stereocenters. The minimum absolute atomic E-state index is 0.0895. The maximum Gasteiger partial charge on any atom is 0.417 e. The Morgan fingerprint density at radius 3 is 2.26 bits per heavy atom. The van der Waals surface area contributed by atoms with Crippen molar-refractivity contribution in [2.75, 3.05) is 68.7 Å². The van der Waals surface area contributed by atoms with E-state index in [2.05, 4.69) is 25.2 Å². The van der Waals surface area contributed by atoms with Gasteiger partial charge in [0.25, 0.3) is 5.91 Å². The number of anilines is 3. The number of methoxy groups -OCH3 is 1. The number of amides is 1. The van der Waals surface area contributed by atoms with Gasteiger partial charge in [-0.05, 0) is 33.0 Å². The molecule has 2 aliphatic heterocycles. The van der Waals surface area contributed by atoms with Crippen LogP contribution in [-0.2, 0) is 10.9 Å². The third-order valence-electron chi connectivity index (χ3n) is 7.92. The summed E-state index contributed by atoms with van der Waals surface area (Å²) in [4.78, 5) is 32.1. The SMILES string of the molecule is COc1cc(C(F)(F)F)c(C(=O)Nc2cc(-c3cnc(N4CCOCC4)nc3)c(F)cc2N2C[C@@H](C)N(C)[C@@H](C)C2)cn1. The van der Waals surface area contributed by atoms with Crippen molar-refractivity contribution in [1.29, 1.82) is 0 Å². The van der Waals surface area contributed by atoms with Gasteiger partial charge in [-0.15, -0.1) is 0 Å². The van der Waals surface area contributed by atoms with E-state index in [-0.39, 0.29) is 29.2 Å². The Hall–Kier alpha value is -4.04. The molecular formula is C29H33F4N7O3. The Labute approximate surface area is 246 Å². The van der Waals surface area contributed by atoms with Gasteiger partial charge in [-0.3, -0.25) is 9.69 Å². The van der Waals surface area contributed by atoms with E-state index in [1.807, 2.05) is 30.7 Å². The summed E-state index contributed by atoms with van der Waals surface area (Å²) >= 11 is 0. The fourth-order valence-corrected chi connectivity index (χ4v) is 5.29. The van der Waals surface area contributed by atoms with Gasteiger partial charge in [0, 0.05) is 74.0 Å². The first-order valence-electron chi connectivity index (χ1n) is 13.8. The molecule has 3 aromatic rings. The smallest absolute Gasteiger partial charge is 0.417 e. The van der Waals surface area contributed by atoms with Crippen LogP contribution in [0.1, 0.15) is 29.8 Å². The number of halogens is 4. The highest BCUT2D eigenvalue weighted by Gasteiger charge is 2.37. The number of nitrogens with one attached hydrogen (secondary N) is 1. The first-order valence-corrected chi connectivity index (χ1v) is 13.8. The van der Waals surface area contributed by atoms with E-state index in [0.717, 1.165) is 6.20 Å². The van der Waals surface area contributed by atoms with Crippen molar-refractivity contribution in [3.63, 3.8) is 0 Å². The van der Waals surface area contributed by atoms with E-state index in [9.17, 15) is 18.0 Å². The topological polar surface area (TPSA) is 95.9 Å². The Morgan fingerprint density at radius 1 is 1.00 bits per heavy atom. The average Bonchev–Trinajstić information content (AvgIpc) is 3.00. The number of pyridine rings is 1. The molecule has 0 aliphatic carbocycles. The fourth-order valence-electron chi connectivity index (χ4n) is 5.29. The normalized spacial score (nSPS) is 19.8. The van der Waals surface area contributed by atoms with Gasteiger partial charge in [-0.25, -0.2) is 19.3 Å². The lowest BCUT2D eigenvalue weighted by atomic mass is 10.0. The fraction of sp³-hybridized carbons (Fsp3) is 0.448. The molecule has 1 aromatic carbocycles. The zero-order chi connectivity index (χ0) is 30.9. The number of morpholine rings is 1. The Kier molecular flexibility index (Phi) is 8.69. The number of aromatic nitrogens is 3. The lowest BCUT2D eigenvalue weighted by Gasteiger charge is -2.44. The average molecular weight is 604 g/mol. The van der Waals surface area contributed by atoms with Crippen LogP contribution in [0.3, 0.4) is 0 Å². The first-order chi connectivity index (χ1) is 20.5. The first kappa shape index (κ1) is 30.4. The molecule has 1 amide bonds. The summed E-state index contributed by atoms with van der Waals surface area (Å²) < 4.78 is 67.7.